The number of hydrogen-bond donors (Lipinski definition) is 1. The van der Waals surface area contributed by atoms with Gasteiger partial charge in [-0.05, 0) is 30.4 Å². The molecule has 0 aliphatic rings. The average Bonchev–Trinajstić information content (AvgIpc) is 3.00. The van der Waals surface area contributed by atoms with Crippen LogP contribution in [0.4, 0.5) is 5.13 Å². The molecule has 0 aliphatic heterocycles. The number of carbonyl (C=O) groups excluding carboxylic acids is 1. The van der Waals surface area contributed by atoms with Crippen LogP contribution in [0.3, 0.4) is 0 Å². The number of methoxy groups -OCH3 is 1. The largest absolute Gasteiger partial charge is 0.497 e. The second kappa shape index (κ2) is 8.85. The van der Waals surface area contributed by atoms with Crippen molar-refractivity contribution in [2.24, 2.45) is 0 Å². The number of thioether (sulfide) groups is 1. The fourth-order valence-corrected chi connectivity index (χ4v) is 3.36. The molecule has 1 heterocycles. The van der Waals surface area contributed by atoms with Crippen molar-refractivity contribution in [1.82, 2.24) is 10.2 Å². The minimum Gasteiger partial charge on any atom is -0.497 e. The lowest BCUT2D eigenvalue weighted by molar-refractivity contribution is -0.127. The third-order valence-electron chi connectivity index (χ3n) is 2.91. The normalized spacial score (nSPS) is 12.0. The maximum atomic E-state index is 12.1. The third kappa shape index (κ3) is 5.49. The average molecular weight is 353 g/mol. The topological polar surface area (TPSA) is 73.3 Å². The predicted molar refractivity (Wildman–Crippen MR) is 92.2 cm³/mol. The van der Waals surface area contributed by atoms with E-state index in [4.69, 9.17) is 9.47 Å². The van der Waals surface area contributed by atoms with Crippen molar-refractivity contribution in [3.63, 3.8) is 0 Å². The van der Waals surface area contributed by atoms with Crippen LogP contribution in [0.15, 0.2) is 28.6 Å². The first kappa shape index (κ1) is 17.7. The predicted octanol–water partition coefficient (Wildman–Crippen LogP) is 3.20. The smallest absolute Gasteiger partial charge is 0.255 e. The van der Waals surface area contributed by atoms with E-state index in [2.05, 4.69) is 15.5 Å². The summed E-state index contributed by atoms with van der Waals surface area (Å²) in [6.45, 7) is 4.08. The van der Waals surface area contributed by atoms with Crippen molar-refractivity contribution in [2.45, 2.75) is 30.9 Å². The van der Waals surface area contributed by atoms with E-state index < -0.39 is 6.10 Å². The van der Waals surface area contributed by atoms with Gasteiger partial charge in [0.05, 0.1) is 13.7 Å². The molecule has 0 radical (unpaired) electrons. The van der Waals surface area contributed by atoms with E-state index in [0.29, 0.717) is 11.7 Å². The molecule has 1 atom stereocenters. The number of carbonyl (C=O) groups is 1. The summed E-state index contributed by atoms with van der Waals surface area (Å²) in [6.07, 6.45) is -0.590. The van der Waals surface area contributed by atoms with Gasteiger partial charge in [-0.3, -0.25) is 10.1 Å². The highest BCUT2D eigenvalue weighted by Gasteiger charge is 2.16. The molecule has 23 heavy (non-hydrogen) atoms. The first-order chi connectivity index (χ1) is 11.1. The van der Waals surface area contributed by atoms with E-state index >= 15 is 0 Å². The van der Waals surface area contributed by atoms with Crippen molar-refractivity contribution < 1.29 is 14.3 Å². The van der Waals surface area contributed by atoms with Crippen LogP contribution in [-0.2, 0) is 16.1 Å². The molecule has 0 saturated carbocycles. The number of aromatic nitrogens is 2. The van der Waals surface area contributed by atoms with E-state index in [0.717, 1.165) is 21.4 Å². The highest BCUT2D eigenvalue weighted by molar-refractivity contribution is 8.01. The van der Waals surface area contributed by atoms with Crippen LogP contribution in [0.25, 0.3) is 0 Å². The lowest BCUT2D eigenvalue weighted by Gasteiger charge is -2.12. The van der Waals surface area contributed by atoms with Gasteiger partial charge in [0, 0.05) is 0 Å². The van der Waals surface area contributed by atoms with Gasteiger partial charge in [0.25, 0.3) is 5.91 Å². The number of amides is 1. The van der Waals surface area contributed by atoms with Gasteiger partial charge >= 0.3 is 0 Å². The van der Waals surface area contributed by atoms with Gasteiger partial charge in [-0.15, -0.1) is 10.2 Å². The first-order valence-corrected chi connectivity index (χ1v) is 8.94. The zero-order valence-corrected chi connectivity index (χ0v) is 14.9. The Bertz CT molecular complexity index is 648. The number of nitrogens with one attached hydrogen (secondary N) is 1. The van der Waals surface area contributed by atoms with Crippen LogP contribution in [0.2, 0.25) is 0 Å². The molecule has 1 N–H and O–H groups in total. The third-order valence-corrected chi connectivity index (χ3v) is 4.76. The Morgan fingerprint density at radius 2 is 2.26 bits per heavy atom. The van der Waals surface area contributed by atoms with Gasteiger partial charge in [0.15, 0.2) is 4.34 Å². The molecule has 8 heteroatoms. The van der Waals surface area contributed by atoms with Crippen molar-refractivity contribution in [3.05, 3.63) is 29.8 Å². The number of rotatable bonds is 8. The van der Waals surface area contributed by atoms with Crippen LogP contribution < -0.4 is 10.1 Å². The molecule has 2 aromatic rings. The van der Waals surface area contributed by atoms with Gasteiger partial charge in [0.1, 0.15) is 11.9 Å². The van der Waals surface area contributed by atoms with Crippen molar-refractivity contribution in [2.75, 3.05) is 18.2 Å². The van der Waals surface area contributed by atoms with Gasteiger partial charge in [-0.1, -0.05) is 42.2 Å². The summed E-state index contributed by atoms with van der Waals surface area (Å²) in [4.78, 5) is 12.1. The molecule has 1 amide bonds. The summed E-state index contributed by atoms with van der Waals surface area (Å²) in [5.74, 6) is 1.44. The first-order valence-electron chi connectivity index (χ1n) is 7.14. The SMILES string of the molecule is CCSc1nnc(NC(=O)C(C)OCc2cccc(OC)c2)s1. The maximum absolute atomic E-state index is 12.1. The molecule has 0 bridgehead atoms. The molecule has 1 aromatic carbocycles. The summed E-state index contributed by atoms with van der Waals surface area (Å²) < 4.78 is 11.6. The molecular formula is C15H19N3O3S2. The lowest BCUT2D eigenvalue weighted by atomic mass is 10.2. The summed E-state index contributed by atoms with van der Waals surface area (Å²) in [5, 5.41) is 11.1. The minimum absolute atomic E-state index is 0.239. The summed E-state index contributed by atoms with van der Waals surface area (Å²) >= 11 is 2.95. The fraction of sp³-hybridized carbons (Fsp3) is 0.400. The Hall–Kier alpha value is -1.64. The molecule has 1 aromatic heterocycles. The summed E-state index contributed by atoms with van der Waals surface area (Å²) in [7, 11) is 1.61. The quantitative estimate of drug-likeness (QED) is 0.580. The molecule has 1 unspecified atom stereocenters. The zero-order chi connectivity index (χ0) is 16.7. The van der Waals surface area contributed by atoms with Gasteiger partial charge < -0.3 is 9.47 Å². The van der Waals surface area contributed by atoms with E-state index in [1.54, 1.807) is 25.8 Å². The van der Waals surface area contributed by atoms with E-state index in [1.165, 1.54) is 11.3 Å². The van der Waals surface area contributed by atoms with Crippen LogP contribution in [-0.4, -0.2) is 35.1 Å². The van der Waals surface area contributed by atoms with Crippen LogP contribution in [0.5, 0.6) is 5.75 Å². The van der Waals surface area contributed by atoms with Crippen molar-refractivity contribution in [3.8, 4) is 5.75 Å². The van der Waals surface area contributed by atoms with Gasteiger partial charge in [0.2, 0.25) is 5.13 Å². The second-order valence-electron chi connectivity index (χ2n) is 4.60. The number of nitrogens with zero attached hydrogens (tertiary/aromatic N) is 2. The van der Waals surface area contributed by atoms with E-state index in [-0.39, 0.29) is 5.91 Å². The van der Waals surface area contributed by atoms with Crippen LogP contribution >= 0.6 is 23.1 Å². The Kier molecular flexibility index (Phi) is 6.82. The van der Waals surface area contributed by atoms with Crippen molar-refractivity contribution >= 4 is 34.1 Å². The van der Waals surface area contributed by atoms with Crippen LogP contribution in [0.1, 0.15) is 19.4 Å². The Morgan fingerprint density at radius 3 is 3.00 bits per heavy atom. The monoisotopic (exact) mass is 353 g/mol. The fourth-order valence-electron chi connectivity index (χ4n) is 1.71. The lowest BCUT2D eigenvalue weighted by Crippen LogP contribution is -2.27. The number of anilines is 1. The van der Waals surface area contributed by atoms with Crippen molar-refractivity contribution in [1.29, 1.82) is 0 Å². The Balaban J connectivity index is 1.84. The van der Waals surface area contributed by atoms with Crippen LogP contribution in [0, 0.1) is 0 Å². The molecule has 0 saturated heterocycles. The number of hydrogen-bond acceptors (Lipinski definition) is 7. The van der Waals surface area contributed by atoms with Gasteiger partial charge in [-0.25, -0.2) is 0 Å². The molecule has 2 rings (SSSR count). The Morgan fingerprint density at radius 1 is 1.43 bits per heavy atom. The zero-order valence-electron chi connectivity index (χ0n) is 13.2. The molecule has 0 fully saturated rings. The number of ether oxygens (including phenoxy) is 2. The number of benzene rings is 1. The molecule has 124 valence electrons. The molecule has 0 aliphatic carbocycles. The van der Waals surface area contributed by atoms with E-state index in [9.17, 15) is 4.79 Å². The molecular weight excluding hydrogens is 334 g/mol. The summed E-state index contributed by atoms with van der Waals surface area (Å²) in [5.41, 5.74) is 0.946. The summed E-state index contributed by atoms with van der Waals surface area (Å²) in [6, 6.07) is 7.55. The van der Waals surface area contributed by atoms with E-state index in [1.807, 2.05) is 31.2 Å². The Labute approximate surface area is 143 Å². The molecule has 6 nitrogen and oxygen atoms in total. The molecule has 0 spiro atoms. The van der Waals surface area contributed by atoms with Gasteiger partial charge in [-0.2, -0.15) is 0 Å². The highest BCUT2D eigenvalue weighted by Crippen LogP contribution is 2.25. The second-order valence-corrected chi connectivity index (χ2v) is 7.09. The minimum atomic E-state index is -0.590. The highest BCUT2D eigenvalue weighted by atomic mass is 32.2. The standard InChI is InChI=1S/C15H19N3O3S2/c1-4-22-15-18-17-14(23-15)16-13(19)10(2)21-9-11-6-5-7-12(8-11)20-3/h5-8,10H,4,9H2,1-3H3,(H,16,17,19). The maximum Gasteiger partial charge on any atom is 0.255 e.